The van der Waals surface area contributed by atoms with Gasteiger partial charge in [0.05, 0.1) is 0 Å². The molecule has 0 aliphatic carbocycles. The largest absolute Gasteiger partial charge is 0.444 e. The summed E-state index contributed by atoms with van der Waals surface area (Å²) in [5.74, 6) is -0.217. The third-order valence-corrected chi connectivity index (χ3v) is 3.02. The lowest BCUT2D eigenvalue weighted by Crippen LogP contribution is -2.21. The third-order valence-electron chi connectivity index (χ3n) is 2.59. The van der Waals surface area contributed by atoms with Gasteiger partial charge in [0.25, 0.3) is 11.8 Å². The van der Waals surface area contributed by atoms with Crippen molar-refractivity contribution in [2.45, 2.75) is 0 Å². The van der Waals surface area contributed by atoms with Crippen molar-refractivity contribution < 1.29 is 14.0 Å². The molecule has 5 nitrogen and oxygen atoms in total. The van der Waals surface area contributed by atoms with Gasteiger partial charge >= 0.3 is 0 Å². The number of nitrogens with zero attached hydrogens (tertiary/aromatic N) is 1. The van der Waals surface area contributed by atoms with Crippen molar-refractivity contribution in [3.63, 3.8) is 0 Å². The van der Waals surface area contributed by atoms with Crippen molar-refractivity contribution in [1.82, 2.24) is 4.90 Å². The molecular weight excluding hydrogens is 324 g/mol. The minimum atomic E-state index is -0.345. The van der Waals surface area contributed by atoms with Crippen LogP contribution in [-0.4, -0.2) is 30.8 Å². The number of carbonyl (C=O) groups is 2. The Balaban J connectivity index is 2.07. The Morgan fingerprint density at radius 2 is 1.75 bits per heavy atom. The molecule has 0 spiro atoms. The summed E-state index contributed by atoms with van der Waals surface area (Å²) in [6.45, 7) is 0. The molecule has 1 aromatic carbocycles. The molecule has 0 radical (unpaired) electrons. The lowest BCUT2D eigenvalue weighted by atomic mass is 10.2. The highest BCUT2D eigenvalue weighted by molar-refractivity contribution is 9.10. The van der Waals surface area contributed by atoms with E-state index in [1.165, 1.54) is 4.90 Å². The molecule has 0 aliphatic rings. The molecule has 20 heavy (non-hydrogen) atoms. The van der Waals surface area contributed by atoms with E-state index in [4.69, 9.17) is 4.42 Å². The van der Waals surface area contributed by atoms with Crippen molar-refractivity contribution in [1.29, 1.82) is 0 Å². The monoisotopic (exact) mass is 336 g/mol. The highest BCUT2D eigenvalue weighted by Gasteiger charge is 2.11. The van der Waals surface area contributed by atoms with Crippen LogP contribution in [0.1, 0.15) is 20.9 Å². The first kappa shape index (κ1) is 14.3. The maximum atomic E-state index is 11.9. The maximum Gasteiger partial charge on any atom is 0.291 e. The van der Waals surface area contributed by atoms with Crippen molar-refractivity contribution in [3.8, 4) is 0 Å². The lowest BCUT2D eigenvalue weighted by Gasteiger charge is -2.10. The molecule has 1 N–H and O–H groups in total. The van der Waals surface area contributed by atoms with Crippen LogP contribution in [0.5, 0.6) is 0 Å². The Bertz CT molecular complexity index is 632. The zero-order chi connectivity index (χ0) is 14.7. The summed E-state index contributed by atoms with van der Waals surface area (Å²) in [4.78, 5) is 25.1. The SMILES string of the molecule is CN(C)C(=O)c1ccc(NC(=O)c2ccc(Br)o2)cc1. The number of furan rings is 1. The molecular formula is C14H13BrN2O3. The van der Waals surface area contributed by atoms with E-state index < -0.39 is 0 Å². The van der Waals surface area contributed by atoms with Crippen LogP contribution in [0, 0.1) is 0 Å². The number of hydrogen-bond acceptors (Lipinski definition) is 3. The fourth-order valence-electron chi connectivity index (χ4n) is 1.58. The van der Waals surface area contributed by atoms with E-state index in [2.05, 4.69) is 21.2 Å². The summed E-state index contributed by atoms with van der Waals surface area (Å²) in [5.41, 5.74) is 1.16. The van der Waals surface area contributed by atoms with E-state index in [1.54, 1.807) is 50.5 Å². The average molecular weight is 337 g/mol. The number of amides is 2. The molecule has 0 fully saturated rings. The van der Waals surface area contributed by atoms with Gasteiger partial charge in [-0.2, -0.15) is 0 Å². The molecule has 2 rings (SSSR count). The van der Waals surface area contributed by atoms with Gasteiger partial charge in [-0.3, -0.25) is 9.59 Å². The molecule has 2 amide bonds. The van der Waals surface area contributed by atoms with Gasteiger partial charge in [-0.25, -0.2) is 0 Å². The zero-order valence-electron chi connectivity index (χ0n) is 11.0. The van der Waals surface area contributed by atoms with Crippen LogP contribution < -0.4 is 5.32 Å². The van der Waals surface area contributed by atoms with Crippen molar-refractivity contribution in [2.24, 2.45) is 0 Å². The molecule has 104 valence electrons. The van der Waals surface area contributed by atoms with Gasteiger partial charge in [0.2, 0.25) is 0 Å². The summed E-state index contributed by atoms with van der Waals surface area (Å²) in [7, 11) is 3.37. The van der Waals surface area contributed by atoms with Crippen molar-refractivity contribution in [2.75, 3.05) is 19.4 Å². The second kappa shape index (κ2) is 5.92. The Labute approximate surface area is 124 Å². The van der Waals surface area contributed by atoms with Gasteiger partial charge in [0.1, 0.15) is 0 Å². The smallest absolute Gasteiger partial charge is 0.291 e. The predicted octanol–water partition coefficient (Wildman–Crippen LogP) is 3.00. The first-order valence-electron chi connectivity index (χ1n) is 5.86. The third kappa shape index (κ3) is 3.27. The van der Waals surface area contributed by atoms with E-state index in [0.29, 0.717) is 15.9 Å². The number of anilines is 1. The van der Waals surface area contributed by atoms with E-state index in [1.807, 2.05) is 0 Å². The Morgan fingerprint density at radius 1 is 1.10 bits per heavy atom. The minimum Gasteiger partial charge on any atom is -0.444 e. The molecule has 6 heteroatoms. The van der Waals surface area contributed by atoms with Gasteiger partial charge in [0, 0.05) is 25.3 Å². The molecule has 0 atom stereocenters. The van der Waals surface area contributed by atoms with Gasteiger partial charge < -0.3 is 14.6 Å². The molecule has 0 aliphatic heterocycles. The highest BCUT2D eigenvalue weighted by Crippen LogP contribution is 2.16. The summed E-state index contributed by atoms with van der Waals surface area (Å²) in [6, 6.07) is 9.89. The predicted molar refractivity (Wildman–Crippen MR) is 78.8 cm³/mol. The summed E-state index contributed by atoms with van der Waals surface area (Å²) in [6.07, 6.45) is 0. The number of halogens is 1. The van der Waals surface area contributed by atoms with E-state index in [-0.39, 0.29) is 17.6 Å². The van der Waals surface area contributed by atoms with E-state index in [9.17, 15) is 9.59 Å². The average Bonchev–Trinajstić information content (AvgIpc) is 2.85. The number of nitrogens with one attached hydrogen (secondary N) is 1. The van der Waals surface area contributed by atoms with Gasteiger partial charge in [0.15, 0.2) is 10.4 Å². The minimum absolute atomic E-state index is 0.0853. The fraction of sp³-hybridized carbons (Fsp3) is 0.143. The topological polar surface area (TPSA) is 62.6 Å². The second-order valence-corrected chi connectivity index (χ2v) is 5.12. The van der Waals surface area contributed by atoms with Gasteiger partial charge in [-0.1, -0.05) is 0 Å². The van der Waals surface area contributed by atoms with E-state index in [0.717, 1.165) is 0 Å². The van der Waals surface area contributed by atoms with E-state index >= 15 is 0 Å². The Hall–Kier alpha value is -2.08. The molecule has 2 aromatic rings. The summed E-state index contributed by atoms with van der Waals surface area (Å²) in [5, 5.41) is 2.69. The van der Waals surface area contributed by atoms with Crippen LogP contribution in [-0.2, 0) is 0 Å². The van der Waals surface area contributed by atoms with Crippen LogP contribution >= 0.6 is 15.9 Å². The Morgan fingerprint density at radius 3 is 2.25 bits per heavy atom. The molecule has 1 heterocycles. The van der Waals surface area contributed by atoms with Gasteiger partial charge in [-0.15, -0.1) is 0 Å². The number of hydrogen-bond donors (Lipinski definition) is 1. The first-order valence-corrected chi connectivity index (χ1v) is 6.65. The number of carbonyl (C=O) groups excluding carboxylic acids is 2. The van der Waals surface area contributed by atoms with Crippen molar-refractivity contribution >= 4 is 33.4 Å². The van der Waals surface area contributed by atoms with Crippen LogP contribution in [0.25, 0.3) is 0 Å². The lowest BCUT2D eigenvalue weighted by molar-refractivity contribution is 0.0827. The summed E-state index contributed by atoms with van der Waals surface area (Å²) < 4.78 is 5.65. The van der Waals surface area contributed by atoms with Crippen molar-refractivity contribution in [3.05, 3.63) is 52.4 Å². The highest BCUT2D eigenvalue weighted by atomic mass is 79.9. The van der Waals surface area contributed by atoms with Crippen LogP contribution in [0.4, 0.5) is 5.69 Å². The first-order chi connectivity index (χ1) is 9.47. The van der Waals surface area contributed by atoms with Crippen LogP contribution in [0.2, 0.25) is 0 Å². The molecule has 0 unspecified atom stereocenters. The molecule has 0 saturated heterocycles. The number of rotatable bonds is 3. The molecule has 0 saturated carbocycles. The molecule has 1 aromatic heterocycles. The second-order valence-electron chi connectivity index (χ2n) is 4.33. The standard InChI is InChI=1S/C14H13BrN2O3/c1-17(2)14(19)9-3-5-10(6-4-9)16-13(18)11-7-8-12(15)20-11/h3-8H,1-2H3,(H,16,18). The van der Waals surface area contributed by atoms with Crippen LogP contribution in [0.3, 0.4) is 0 Å². The zero-order valence-corrected chi connectivity index (χ0v) is 12.6. The summed E-state index contributed by atoms with van der Waals surface area (Å²) >= 11 is 3.14. The maximum absolute atomic E-state index is 11.9. The van der Waals surface area contributed by atoms with Gasteiger partial charge in [-0.05, 0) is 52.3 Å². The number of benzene rings is 1. The Kier molecular flexibility index (Phi) is 4.24. The fourth-order valence-corrected chi connectivity index (χ4v) is 1.89. The quantitative estimate of drug-likeness (QED) is 0.937. The normalized spacial score (nSPS) is 10.2. The molecule has 0 bridgehead atoms. The van der Waals surface area contributed by atoms with Crippen LogP contribution in [0.15, 0.2) is 45.5 Å².